The third-order valence-corrected chi connectivity index (χ3v) is 4.25. The van der Waals surface area contributed by atoms with Crippen LogP contribution in [0.1, 0.15) is 16.5 Å². The van der Waals surface area contributed by atoms with Crippen molar-refractivity contribution in [3.8, 4) is 0 Å². The molecule has 0 heterocycles. The van der Waals surface area contributed by atoms with Crippen molar-refractivity contribution in [1.29, 1.82) is 0 Å². The van der Waals surface area contributed by atoms with Gasteiger partial charge < -0.3 is 0 Å². The third kappa shape index (κ3) is 3.47. The minimum atomic E-state index is -0.237. The van der Waals surface area contributed by atoms with Gasteiger partial charge in [-0.05, 0) is 57.7 Å². The topological polar surface area (TPSA) is 0 Å². The molecule has 0 aromatic heterocycles. The maximum absolute atomic E-state index is 12.8. The smallest absolute Gasteiger partial charge is 0.123 e. The van der Waals surface area contributed by atoms with E-state index in [1.807, 2.05) is 12.1 Å². The van der Waals surface area contributed by atoms with Crippen molar-refractivity contribution in [3.05, 3.63) is 68.9 Å². The van der Waals surface area contributed by atoms with Crippen LogP contribution in [0.2, 0.25) is 5.02 Å². The maximum Gasteiger partial charge on any atom is 0.123 e. The molecule has 0 saturated heterocycles. The van der Waals surface area contributed by atoms with E-state index in [2.05, 4.69) is 15.9 Å². The fraction of sp³-hybridized carbons (Fsp3) is 0.143. The van der Waals surface area contributed by atoms with Gasteiger partial charge in [-0.25, -0.2) is 4.39 Å². The molecule has 1 atom stereocenters. The Kier molecular flexibility index (Phi) is 4.66. The summed E-state index contributed by atoms with van der Waals surface area (Å²) in [5.74, 6) is -0.237. The summed E-state index contributed by atoms with van der Waals surface area (Å²) in [5.41, 5.74) is 1.99. The number of rotatable bonds is 3. The summed E-state index contributed by atoms with van der Waals surface area (Å²) in [5, 5.41) is 0.494. The van der Waals surface area contributed by atoms with E-state index in [0.717, 1.165) is 15.6 Å². The van der Waals surface area contributed by atoms with Crippen molar-refractivity contribution in [1.82, 2.24) is 0 Å². The summed E-state index contributed by atoms with van der Waals surface area (Å²) in [7, 11) is 0. The molecule has 0 bridgehead atoms. The van der Waals surface area contributed by atoms with Crippen molar-refractivity contribution < 1.29 is 4.39 Å². The molecule has 2 aromatic rings. The van der Waals surface area contributed by atoms with Crippen LogP contribution in [0.15, 0.2) is 46.9 Å². The highest BCUT2D eigenvalue weighted by atomic mass is 79.9. The lowest BCUT2D eigenvalue weighted by molar-refractivity contribution is 0.627. The predicted octanol–water partition coefficient (Wildman–Crippen LogP) is 5.76. The fourth-order valence-corrected chi connectivity index (χ4v) is 2.48. The van der Waals surface area contributed by atoms with Crippen molar-refractivity contribution >= 4 is 39.1 Å². The van der Waals surface area contributed by atoms with Gasteiger partial charge in [0.2, 0.25) is 0 Å². The summed E-state index contributed by atoms with van der Waals surface area (Å²) < 4.78 is 13.6. The molecule has 0 amide bonds. The zero-order valence-corrected chi connectivity index (χ0v) is 12.4. The average molecular weight is 348 g/mol. The number of hydrogen-bond acceptors (Lipinski definition) is 0. The van der Waals surface area contributed by atoms with Crippen LogP contribution in [-0.4, -0.2) is 0 Å². The Bertz CT molecular complexity index is 540. The van der Waals surface area contributed by atoms with Crippen LogP contribution in [0, 0.1) is 5.82 Å². The quantitative estimate of drug-likeness (QED) is 0.619. The number of hydrogen-bond donors (Lipinski definition) is 0. The Morgan fingerprint density at radius 3 is 2.39 bits per heavy atom. The molecule has 94 valence electrons. The zero-order valence-electron chi connectivity index (χ0n) is 9.34. The Balaban J connectivity index is 2.13. The van der Waals surface area contributed by atoms with E-state index < -0.39 is 0 Å². The van der Waals surface area contributed by atoms with Crippen LogP contribution in [0.3, 0.4) is 0 Å². The van der Waals surface area contributed by atoms with Crippen LogP contribution in [0.5, 0.6) is 0 Å². The molecule has 0 N–H and O–H groups in total. The van der Waals surface area contributed by atoms with Crippen LogP contribution in [-0.2, 0) is 6.42 Å². The Labute approximate surface area is 124 Å². The molecular formula is C14H10BrCl2F. The van der Waals surface area contributed by atoms with Gasteiger partial charge in [-0.15, -0.1) is 11.6 Å². The highest BCUT2D eigenvalue weighted by Crippen LogP contribution is 2.30. The molecule has 2 rings (SSSR count). The zero-order chi connectivity index (χ0) is 13.1. The SMILES string of the molecule is Fc1ccc(CC(Cl)c2ccc(Cl)c(Br)c2)cc1. The van der Waals surface area contributed by atoms with Gasteiger partial charge in [0.15, 0.2) is 0 Å². The molecule has 4 heteroatoms. The first kappa shape index (κ1) is 13.9. The second-order valence-corrected chi connectivity index (χ2v) is 5.76. The fourth-order valence-electron chi connectivity index (χ4n) is 1.65. The lowest BCUT2D eigenvalue weighted by Crippen LogP contribution is -1.96. The molecule has 0 aliphatic carbocycles. The van der Waals surface area contributed by atoms with E-state index >= 15 is 0 Å². The summed E-state index contributed by atoms with van der Waals surface area (Å²) in [6.45, 7) is 0. The van der Waals surface area contributed by atoms with Crippen LogP contribution >= 0.6 is 39.1 Å². The predicted molar refractivity (Wildman–Crippen MR) is 77.9 cm³/mol. The molecule has 0 fully saturated rings. The maximum atomic E-state index is 12.8. The van der Waals surface area contributed by atoms with Gasteiger partial charge in [0.25, 0.3) is 0 Å². The summed E-state index contributed by atoms with van der Waals surface area (Å²) >= 11 is 15.6. The van der Waals surface area contributed by atoms with Crippen LogP contribution in [0.4, 0.5) is 4.39 Å². The standard InChI is InChI=1S/C14H10BrCl2F/c15-12-8-10(3-6-13(12)16)14(17)7-9-1-4-11(18)5-2-9/h1-6,8,14H,7H2. The van der Waals surface area contributed by atoms with Crippen molar-refractivity contribution in [3.63, 3.8) is 0 Å². The van der Waals surface area contributed by atoms with Crippen molar-refractivity contribution in [2.45, 2.75) is 11.8 Å². The molecule has 0 nitrogen and oxygen atoms in total. The molecule has 0 spiro atoms. The monoisotopic (exact) mass is 346 g/mol. The average Bonchev–Trinajstić information content (AvgIpc) is 2.35. The summed E-state index contributed by atoms with van der Waals surface area (Å²) in [4.78, 5) is 0. The third-order valence-electron chi connectivity index (χ3n) is 2.63. The lowest BCUT2D eigenvalue weighted by atomic mass is 10.0. The molecule has 18 heavy (non-hydrogen) atoms. The molecule has 2 aromatic carbocycles. The molecule has 0 aliphatic heterocycles. The minimum absolute atomic E-state index is 0.163. The van der Waals surface area contributed by atoms with Gasteiger partial charge in [0.05, 0.1) is 10.4 Å². The second kappa shape index (κ2) is 6.05. The molecule has 1 unspecified atom stereocenters. The molecule has 0 aliphatic rings. The highest BCUT2D eigenvalue weighted by molar-refractivity contribution is 9.10. The normalized spacial score (nSPS) is 12.4. The molecular weight excluding hydrogens is 338 g/mol. The van der Waals surface area contributed by atoms with Gasteiger partial charge in [-0.3, -0.25) is 0 Å². The molecule has 0 radical (unpaired) electrons. The van der Waals surface area contributed by atoms with E-state index in [9.17, 15) is 4.39 Å². The van der Waals surface area contributed by atoms with Crippen LogP contribution < -0.4 is 0 Å². The first-order valence-corrected chi connectivity index (χ1v) is 7.00. The second-order valence-electron chi connectivity index (χ2n) is 3.97. The van der Waals surface area contributed by atoms with E-state index in [4.69, 9.17) is 23.2 Å². The number of alkyl halides is 1. The number of benzene rings is 2. The van der Waals surface area contributed by atoms with Gasteiger partial charge in [-0.1, -0.05) is 29.8 Å². The largest absolute Gasteiger partial charge is 0.207 e. The highest BCUT2D eigenvalue weighted by Gasteiger charge is 2.10. The van der Waals surface area contributed by atoms with Crippen LogP contribution in [0.25, 0.3) is 0 Å². The van der Waals surface area contributed by atoms with Gasteiger partial charge >= 0.3 is 0 Å². The van der Waals surface area contributed by atoms with Gasteiger partial charge in [0.1, 0.15) is 5.82 Å². The Morgan fingerprint density at radius 2 is 1.78 bits per heavy atom. The van der Waals surface area contributed by atoms with Gasteiger partial charge in [-0.2, -0.15) is 0 Å². The number of halogens is 4. The van der Waals surface area contributed by atoms with Gasteiger partial charge in [0, 0.05) is 4.47 Å². The molecule has 0 saturated carbocycles. The summed E-state index contributed by atoms with van der Waals surface area (Å²) in [6, 6.07) is 12.0. The first-order valence-electron chi connectivity index (χ1n) is 5.40. The first-order chi connectivity index (χ1) is 8.56. The van der Waals surface area contributed by atoms with E-state index in [1.54, 1.807) is 18.2 Å². The summed E-state index contributed by atoms with van der Waals surface area (Å²) in [6.07, 6.45) is 0.649. The van der Waals surface area contributed by atoms with E-state index in [0.29, 0.717) is 11.4 Å². The van der Waals surface area contributed by atoms with E-state index in [1.165, 1.54) is 12.1 Å². The van der Waals surface area contributed by atoms with E-state index in [-0.39, 0.29) is 11.2 Å². The van der Waals surface area contributed by atoms with Crippen molar-refractivity contribution in [2.24, 2.45) is 0 Å². The van der Waals surface area contributed by atoms with Crippen molar-refractivity contribution in [2.75, 3.05) is 0 Å². The Morgan fingerprint density at radius 1 is 1.11 bits per heavy atom. The minimum Gasteiger partial charge on any atom is -0.207 e. The Hall–Kier alpha value is -0.570. The lowest BCUT2D eigenvalue weighted by Gasteiger charge is -2.11.